The van der Waals surface area contributed by atoms with Crippen LogP contribution in [0.1, 0.15) is 12.8 Å². The van der Waals surface area contributed by atoms with E-state index in [9.17, 15) is 13.2 Å². The van der Waals surface area contributed by atoms with E-state index in [4.69, 9.17) is 16.3 Å². The number of hydrogen-bond donors (Lipinski definition) is 0. The molecule has 8 heteroatoms. The van der Waals surface area contributed by atoms with Gasteiger partial charge in [0.05, 0.1) is 13.0 Å². The van der Waals surface area contributed by atoms with Crippen LogP contribution >= 0.6 is 11.6 Å². The van der Waals surface area contributed by atoms with Gasteiger partial charge in [-0.2, -0.15) is 4.31 Å². The Bertz CT molecular complexity index is 737. The molecule has 3 saturated heterocycles. The third kappa shape index (κ3) is 2.81. The molecule has 0 N–H and O–H groups in total. The minimum atomic E-state index is -3.78. The minimum absolute atomic E-state index is 0.0250. The predicted molar refractivity (Wildman–Crippen MR) is 86.0 cm³/mol. The lowest BCUT2D eigenvalue weighted by Gasteiger charge is -2.32. The Labute approximate surface area is 141 Å². The van der Waals surface area contributed by atoms with Crippen LogP contribution < -0.4 is 4.74 Å². The molecule has 0 radical (unpaired) electrons. The van der Waals surface area contributed by atoms with Gasteiger partial charge < -0.3 is 9.64 Å². The number of nitrogens with zero attached hydrogens (tertiary/aromatic N) is 2. The normalized spacial score (nSPS) is 25.5. The van der Waals surface area contributed by atoms with Crippen LogP contribution in [0, 0.1) is 5.92 Å². The number of benzene rings is 1. The highest BCUT2D eigenvalue weighted by Crippen LogP contribution is 2.34. The van der Waals surface area contributed by atoms with Crippen LogP contribution in [0.25, 0.3) is 0 Å². The summed E-state index contributed by atoms with van der Waals surface area (Å²) in [4.78, 5) is 14.0. The lowest BCUT2D eigenvalue weighted by molar-refractivity contribution is -0.138. The summed E-state index contributed by atoms with van der Waals surface area (Å²) in [5.74, 6) is 0.00129. The number of likely N-dealkylation sites (N-methyl/N-ethyl adjacent to an activating group) is 1. The van der Waals surface area contributed by atoms with Crippen molar-refractivity contribution in [3.8, 4) is 5.75 Å². The van der Waals surface area contributed by atoms with E-state index < -0.39 is 10.0 Å². The van der Waals surface area contributed by atoms with E-state index in [-0.39, 0.29) is 35.1 Å². The van der Waals surface area contributed by atoms with E-state index in [1.165, 1.54) is 17.5 Å². The quantitative estimate of drug-likeness (QED) is 0.823. The number of ether oxygens (including phenoxy) is 1. The van der Waals surface area contributed by atoms with Crippen LogP contribution in [-0.2, 0) is 14.8 Å². The molecular weight excluding hydrogens is 340 g/mol. The Morgan fingerprint density at radius 2 is 2.00 bits per heavy atom. The largest absolute Gasteiger partial charge is 0.495 e. The third-order valence-electron chi connectivity index (χ3n) is 4.67. The highest BCUT2D eigenvalue weighted by molar-refractivity contribution is 7.89. The van der Waals surface area contributed by atoms with Gasteiger partial charge in [0.25, 0.3) is 0 Å². The van der Waals surface area contributed by atoms with Gasteiger partial charge in [0.2, 0.25) is 15.9 Å². The number of hydrogen-bond acceptors (Lipinski definition) is 4. The fourth-order valence-electron chi connectivity index (χ4n) is 3.30. The van der Waals surface area contributed by atoms with Crippen molar-refractivity contribution in [1.29, 1.82) is 0 Å². The Morgan fingerprint density at radius 1 is 1.26 bits per heavy atom. The summed E-state index contributed by atoms with van der Waals surface area (Å²) < 4.78 is 32.7. The summed E-state index contributed by atoms with van der Waals surface area (Å²) in [7, 11) is -0.611. The number of rotatable bonds is 3. The Balaban J connectivity index is 2.01. The minimum Gasteiger partial charge on any atom is -0.495 e. The topological polar surface area (TPSA) is 66.9 Å². The molecule has 2 bridgehead atoms. The van der Waals surface area contributed by atoms with Crippen molar-refractivity contribution in [1.82, 2.24) is 9.21 Å². The maximum atomic E-state index is 13.1. The van der Waals surface area contributed by atoms with Crippen molar-refractivity contribution in [2.75, 3.05) is 27.2 Å². The smallest absolute Gasteiger partial charge is 0.246 e. The lowest BCUT2D eigenvalue weighted by atomic mass is 9.95. The first-order chi connectivity index (χ1) is 10.8. The van der Waals surface area contributed by atoms with Crippen molar-refractivity contribution in [3.05, 3.63) is 23.2 Å². The van der Waals surface area contributed by atoms with E-state index in [0.29, 0.717) is 11.6 Å². The van der Waals surface area contributed by atoms with Crippen molar-refractivity contribution < 1.29 is 17.9 Å². The van der Waals surface area contributed by atoms with Crippen LogP contribution in [0.4, 0.5) is 0 Å². The first-order valence-corrected chi connectivity index (χ1v) is 9.26. The zero-order chi connectivity index (χ0) is 16.8. The Hall–Kier alpha value is -1.31. The number of fused-ring (bicyclic) bond motifs is 4. The molecule has 0 spiro atoms. The van der Waals surface area contributed by atoms with E-state index in [1.54, 1.807) is 24.1 Å². The molecule has 3 aliphatic rings. The van der Waals surface area contributed by atoms with Crippen molar-refractivity contribution in [2.24, 2.45) is 5.92 Å². The summed E-state index contributed by atoms with van der Waals surface area (Å²) in [6, 6.07) is 4.44. The molecule has 1 amide bonds. The first kappa shape index (κ1) is 16.5. The van der Waals surface area contributed by atoms with Crippen LogP contribution in [0.2, 0.25) is 5.02 Å². The van der Waals surface area contributed by atoms with Crippen molar-refractivity contribution in [2.45, 2.75) is 23.8 Å². The third-order valence-corrected chi connectivity index (χ3v) is 6.76. The van der Waals surface area contributed by atoms with E-state index >= 15 is 0 Å². The number of sulfonamides is 1. The molecule has 1 aromatic carbocycles. The van der Waals surface area contributed by atoms with E-state index in [0.717, 1.165) is 12.8 Å². The molecule has 126 valence electrons. The molecule has 0 saturated carbocycles. The Kier molecular flexibility index (Phi) is 4.29. The summed E-state index contributed by atoms with van der Waals surface area (Å²) in [6.07, 6.45) is 1.55. The highest BCUT2D eigenvalue weighted by Gasteiger charge is 2.43. The maximum Gasteiger partial charge on any atom is 0.246 e. The molecule has 2 atom stereocenters. The van der Waals surface area contributed by atoms with Gasteiger partial charge in [-0.1, -0.05) is 11.6 Å². The van der Waals surface area contributed by atoms with Crippen LogP contribution in [0.5, 0.6) is 5.75 Å². The molecule has 0 aliphatic carbocycles. The number of carbonyl (C=O) groups is 1. The highest BCUT2D eigenvalue weighted by atomic mass is 35.5. The lowest BCUT2D eigenvalue weighted by Crippen LogP contribution is -2.45. The molecule has 3 aliphatic heterocycles. The fraction of sp³-hybridized carbons (Fsp3) is 0.533. The monoisotopic (exact) mass is 358 g/mol. The maximum absolute atomic E-state index is 13.1. The standard InChI is InChI=1S/C15H19ClN2O4S/c1-17-12-5-3-10(15(17)19)8-18(9-12)23(20,21)14-7-11(16)4-6-13(14)22-2/h4,6-7,10,12H,3,5,8-9H2,1-2H3/t10-,12+/m1/s1. The van der Waals surface area contributed by atoms with Gasteiger partial charge in [-0.05, 0) is 31.0 Å². The van der Waals surface area contributed by atoms with E-state index in [2.05, 4.69) is 0 Å². The molecule has 6 nitrogen and oxygen atoms in total. The average molecular weight is 359 g/mol. The molecule has 1 aromatic rings. The van der Waals surface area contributed by atoms with Gasteiger partial charge >= 0.3 is 0 Å². The zero-order valence-electron chi connectivity index (χ0n) is 13.0. The Morgan fingerprint density at radius 3 is 2.70 bits per heavy atom. The van der Waals surface area contributed by atoms with Crippen LogP contribution in [0.15, 0.2) is 23.1 Å². The SMILES string of the molecule is COc1ccc(Cl)cc1S(=O)(=O)N1C[C@H]2CC[C@@H](C1)N(C)C2=O. The van der Waals surface area contributed by atoms with Gasteiger partial charge in [0, 0.05) is 31.2 Å². The van der Waals surface area contributed by atoms with Crippen molar-refractivity contribution >= 4 is 27.5 Å². The van der Waals surface area contributed by atoms with Gasteiger partial charge in [0.15, 0.2) is 0 Å². The van der Waals surface area contributed by atoms with Crippen LogP contribution in [0.3, 0.4) is 0 Å². The van der Waals surface area contributed by atoms with Gasteiger partial charge in [-0.25, -0.2) is 8.42 Å². The van der Waals surface area contributed by atoms with E-state index in [1.807, 2.05) is 0 Å². The summed E-state index contributed by atoms with van der Waals surface area (Å²) >= 11 is 5.97. The second kappa shape index (κ2) is 5.96. The van der Waals surface area contributed by atoms with Gasteiger partial charge in [-0.3, -0.25) is 4.79 Å². The van der Waals surface area contributed by atoms with Gasteiger partial charge in [0.1, 0.15) is 10.6 Å². The molecule has 3 heterocycles. The number of amides is 1. The molecule has 23 heavy (non-hydrogen) atoms. The molecule has 0 unspecified atom stereocenters. The summed E-state index contributed by atoms with van der Waals surface area (Å²) in [5.41, 5.74) is 0. The second-order valence-electron chi connectivity index (χ2n) is 5.99. The predicted octanol–water partition coefficient (Wildman–Crippen LogP) is 1.59. The summed E-state index contributed by atoms with van der Waals surface area (Å²) in [5, 5.41) is 0.329. The number of methoxy groups -OCH3 is 1. The molecular formula is C15H19ClN2O4S. The fourth-order valence-corrected chi connectivity index (χ4v) is 5.25. The number of piperidine rings is 1. The zero-order valence-corrected chi connectivity index (χ0v) is 14.6. The first-order valence-electron chi connectivity index (χ1n) is 7.45. The molecule has 0 aromatic heterocycles. The average Bonchev–Trinajstić information content (AvgIpc) is 2.81. The molecule has 3 fully saturated rings. The summed E-state index contributed by atoms with van der Waals surface area (Å²) in [6.45, 7) is 0.508. The number of carbonyl (C=O) groups excluding carboxylic acids is 1. The van der Waals surface area contributed by atoms with Gasteiger partial charge in [-0.15, -0.1) is 0 Å². The molecule has 4 rings (SSSR count). The van der Waals surface area contributed by atoms with Crippen LogP contribution in [-0.4, -0.2) is 56.8 Å². The number of halogens is 1. The second-order valence-corrected chi connectivity index (χ2v) is 8.34. The van der Waals surface area contributed by atoms with Crippen molar-refractivity contribution in [3.63, 3.8) is 0 Å².